The minimum Gasteiger partial charge on any atom is -0.367 e. The fraction of sp³-hybridized carbons (Fsp3) is 0.450. The number of para-hydroxylation sites is 1. The molecule has 12 heterocycles. The second-order valence-corrected chi connectivity index (χ2v) is 39.6. The van der Waals surface area contributed by atoms with Gasteiger partial charge in [-0.2, -0.15) is 0 Å². The van der Waals surface area contributed by atoms with Crippen LogP contribution in [0, 0.1) is 48.5 Å². The molecule has 0 unspecified atom stereocenters. The van der Waals surface area contributed by atoms with Crippen LogP contribution in [0.1, 0.15) is 302 Å². The summed E-state index contributed by atoms with van der Waals surface area (Å²) in [5.41, 5.74) is 23.8. The van der Waals surface area contributed by atoms with Crippen LogP contribution >= 0.6 is 34.8 Å². The Hall–Kier alpha value is -10.5. The fourth-order valence-electron chi connectivity index (χ4n) is 19.6. The molecule has 0 bridgehead atoms. The summed E-state index contributed by atoms with van der Waals surface area (Å²) in [7, 11) is 0. The van der Waals surface area contributed by atoms with Crippen LogP contribution in [0.15, 0.2) is 176 Å². The number of imidazole rings is 6. The first-order valence-electron chi connectivity index (χ1n) is 48.7. The maximum Gasteiger partial charge on any atom is 0.143 e. The van der Waals surface area contributed by atoms with Gasteiger partial charge in [-0.3, -0.25) is 26.4 Å². The van der Waals surface area contributed by atoms with E-state index in [4.69, 9.17) is 64.7 Å². The van der Waals surface area contributed by atoms with Crippen molar-refractivity contribution in [2.45, 2.75) is 318 Å². The first-order valence-corrected chi connectivity index (χ1v) is 49.8. The van der Waals surface area contributed by atoms with E-state index >= 15 is 0 Å². The van der Waals surface area contributed by atoms with Gasteiger partial charge in [0.25, 0.3) is 0 Å². The molecule has 6 N–H and O–H groups in total. The number of benzene rings is 3. The lowest BCUT2D eigenvalue weighted by Crippen LogP contribution is -2.24. The molecule has 0 aliphatic heterocycles. The Balaban J connectivity index is 0.000000120. The van der Waals surface area contributed by atoms with E-state index in [0.717, 1.165) is 84.4 Å². The number of nitrogens with one attached hydrogen (secondary N) is 6. The van der Waals surface area contributed by atoms with Crippen LogP contribution in [0.4, 0.5) is 40.6 Å². The van der Waals surface area contributed by atoms with E-state index in [9.17, 15) is 0 Å². The highest BCUT2D eigenvalue weighted by atomic mass is 35.5. The van der Waals surface area contributed by atoms with Crippen LogP contribution in [0.5, 0.6) is 0 Å². The van der Waals surface area contributed by atoms with Crippen molar-refractivity contribution < 1.29 is 0 Å². The zero-order valence-electron chi connectivity index (χ0n) is 79.6. The van der Waals surface area contributed by atoms with Crippen LogP contribution in [-0.4, -0.2) is 86.5 Å². The van der Waals surface area contributed by atoms with Gasteiger partial charge in [0, 0.05) is 77.0 Å². The van der Waals surface area contributed by atoms with E-state index in [-0.39, 0.29) is 0 Å². The van der Waals surface area contributed by atoms with E-state index in [0.29, 0.717) is 63.9 Å². The van der Waals surface area contributed by atoms with E-state index in [1.54, 1.807) is 0 Å². The first-order chi connectivity index (χ1) is 62.9. The van der Waals surface area contributed by atoms with Crippen molar-refractivity contribution in [1.29, 1.82) is 0 Å². The molecule has 0 spiro atoms. The smallest absolute Gasteiger partial charge is 0.143 e. The predicted octanol–water partition coefficient (Wildman–Crippen LogP) is 30.4. The van der Waals surface area contributed by atoms with Gasteiger partial charge in [0.15, 0.2) is 0 Å². The summed E-state index contributed by atoms with van der Waals surface area (Å²) in [5.74, 6) is 8.56. The lowest BCUT2D eigenvalue weighted by atomic mass is 9.95. The van der Waals surface area contributed by atoms with E-state index in [1.807, 2.05) is 91.9 Å². The number of aromatic nitrogens is 12. The van der Waals surface area contributed by atoms with E-state index in [2.05, 4.69) is 247 Å². The number of halogens is 3. The van der Waals surface area contributed by atoms with E-state index < -0.39 is 0 Å². The molecule has 0 amide bonds. The quantitative estimate of drug-likeness (QED) is 0.0480. The summed E-state index contributed by atoms with van der Waals surface area (Å²) in [6.07, 6.45) is 39.5. The molecule has 686 valence electrons. The molecule has 5 aliphatic carbocycles. The van der Waals surface area contributed by atoms with Crippen LogP contribution < -0.4 is 31.9 Å². The first kappa shape index (κ1) is 94.1. The minimum atomic E-state index is 0.445. The maximum atomic E-state index is 6.50. The zero-order valence-corrected chi connectivity index (χ0v) is 81.9. The summed E-state index contributed by atoms with van der Waals surface area (Å²) >= 11 is 19.3. The third kappa shape index (κ3) is 22.4. The Labute approximate surface area is 786 Å². The number of rotatable bonds is 18. The molecular formula is C109H139Cl3N18. The molecule has 0 radical (unpaired) electrons. The van der Waals surface area contributed by atoms with E-state index in [1.165, 1.54) is 240 Å². The maximum absolute atomic E-state index is 6.50. The Kier molecular flexibility index (Phi) is 31.6. The van der Waals surface area contributed by atoms with Crippen molar-refractivity contribution in [3.05, 3.63) is 253 Å². The van der Waals surface area contributed by atoms with Crippen molar-refractivity contribution in [2.75, 3.05) is 31.9 Å². The highest BCUT2D eigenvalue weighted by Crippen LogP contribution is 2.42. The van der Waals surface area contributed by atoms with Crippen LogP contribution in [0.2, 0.25) is 15.1 Å². The molecule has 0 saturated heterocycles. The highest BCUT2D eigenvalue weighted by molar-refractivity contribution is 6.34. The average molecular weight is 1810 g/mol. The molecule has 0 atom stereocenters. The van der Waals surface area contributed by atoms with Gasteiger partial charge in [0.2, 0.25) is 0 Å². The Morgan fingerprint density at radius 3 is 1.20 bits per heavy atom. The van der Waals surface area contributed by atoms with Gasteiger partial charge in [-0.15, -0.1) is 0 Å². The normalized spacial score (nSPS) is 15.6. The summed E-state index contributed by atoms with van der Waals surface area (Å²) in [5, 5.41) is 24.4. The van der Waals surface area contributed by atoms with Crippen LogP contribution in [0.3, 0.4) is 0 Å². The van der Waals surface area contributed by atoms with Gasteiger partial charge in [0.1, 0.15) is 80.2 Å². The molecule has 5 fully saturated rings. The lowest BCUT2D eigenvalue weighted by Gasteiger charge is -2.24. The number of hydrogen-bond acceptors (Lipinski definition) is 12. The number of hydrogen-bond donors (Lipinski definition) is 6. The van der Waals surface area contributed by atoms with Gasteiger partial charge in [-0.25, -0.2) is 29.9 Å². The number of fused-ring (bicyclic) bond motifs is 6. The Morgan fingerprint density at radius 2 is 0.692 bits per heavy atom. The largest absolute Gasteiger partial charge is 0.367 e. The Bertz CT molecular complexity index is 6250. The monoisotopic (exact) mass is 1810 g/mol. The molecule has 20 rings (SSSR count). The topological polar surface area (TPSA) is 176 Å². The summed E-state index contributed by atoms with van der Waals surface area (Å²) in [4.78, 5) is 29.1. The molecular weight excluding hydrogens is 1670 g/mol. The third-order valence-corrected chi connectivity index (χ3v) is 27.5. The SMILES string of the molecule is Cc1cc(C)n2c(NC3CCCCC3)c(-c3ccccc3Cl)nc2c1.Cc1ccc2nc(C(C)C)c(NC3CCCCC3)n2c1.Cc1cccc2nc(-c3ccccc3Cl)c(Nc3ccccc3Cl)n12.Cc1cccc2nc(C(C)C)c(NC3CCCCC3)n12.Cc1cccn2c(NC3CCCCC3)c(C(C)C)nc12.Cc1ccn2c(NC3CCCCC3)c(C(C)C)nc2c1. The lowest BCUT2D eigenvalue weighted by molar-refractivity contribution is 0.461. The molecule has 21 heteroatoms. The van der Waals surface area contributed by atoms with Gasteiger partial charge in [0.05, 0.1) is 43.5 Å². The van der Waals surface area contributed by atoms with Crippen molar-refractivity contribution in [1.82, 2.24) is 56.3 Å². The minimum absolute atomic E-state index is 0.445. The summed E-state index contributed by atoms with van der Waals surface area (Å²) in [6, 6.07) is 55.8. The molecule has 3 aromatic carbocycles. The number of anilines is 7. The van der Waals surface area contributed by atoms with Crippen molar-refractivity contribution in [3.8, 4) is 22.5 Å². The third-order valence-electron chi connectivity index (χ3n) is 26.5. The molecule has 15 aromatic rings. The number of pyridine rings is 6. The molecule has 5 aliphatic rings. The zero-order chi connectivity index (χ0) is 91.2. The second-order valence-electron chi connectivity index (χ2n) is 38.4. The van der Waals surface area contributed by atoms with Crippen LogP contribution in [0.25, 0.3) is 56.4 Å². The standard InChI is InChI=1S/C21H24ClN3.C20H15Cl2N3.4C17H25N3/c1-14-12-15(2)25-19(13-14)24-20(17-10-6-7-11-18(17)22)21(25)23-16-8-4-3-5-9-16;1-13-7-6-12-18-24-19(14-8-2-3-9-15(14)21)20(25(13)18)23-17-11-5-4-10-16(17)22;1-12(2)15-17(18-14-9-5-4-6-10-14)20-11-7-8-13(3)16(20)19-15;1-12(2)16-17(18-14-9-5-4-6-10-14)20-13(3)8-7-11-15(20)19-16;1-12(2)16-17(18-14-7-5-4-6-8-14)20-10-9-13(3)11-15(20)19-16;1-12(2)16-17(18-14-7-5-4-6-8-14)20-11-13(3)9-10-15(20)19-16/h6-7,10-13,16,23H,3-5,8-9H2,1-2H3;2-12,23H,1H3;2*7-8,11-12,14,18H,4-6,9-10H2,1-3H3;2*9-12,14,18H,4-8H2,1-3H3. The summed E-state index contributed by atoms with van der Waals surface area (Å²) in [6.45, 7) is 32.7. The van der Waals surface area contributed by atoms with Gasteiger partial charge in [-0.05, 0) is 244 Å². The molecule has 5 saturated carbocycles. The number of nitrogens with zero attached hydrogens (tertiary/aromatic N) is 12. The molecule has 130 heavy (non-hydrogen) atoms. The fourth-order valence-corrected chi connectivity index (χ4v) is 20.2. The number of aryl methyl sites for hydroxylation is 7. The van der Waals surface area contributed by atoms with Crippen molar-refractivity contribution >= 4 is 109 Å². The second kappa shape index (κ2) is 43.7. The highest BCUT2D eigenvalue weighted by Gasteiger charge is 2.29. The van der Waals surface area contributed by atoms with Gasteiger partial charge >= 0.3 is 0 Å². The average Bonchev–Trinajstić information content (AvgIpc) is 1.62. The van der Waals surface area contributed by atoms with Gasteiger partial charge in [-0.1, -0.05) is 259 Å². The van der Waals surface area contributed by atoms with Crippen LogP contribution in [-0.2, 0) is 0 Å². The molecule has 12 aromatic heterocycles. The Morgan fingerprint density at radius 1 is 0.292 bits per heavy atom. The van der Waals surface area contributed by atoms with Gasteiger partial charge < -0.3 is 31.9 Å². The summed E-state index contributed by atoms with van der Waals surface area (Å²) < 4.78 is 13.3. The molecule has 18 nitrogen and oxygen atoms in total. The predicted molar refractivity (Wildman–Crippen MR) is 549 cm³/mol. The van der Waals surface area contributed by atoms with Crippen molar-refractivity contribution in [3.63, 3.8) is 0 Å². The van der Waals surface area contributed by atoms with Crippen molar-refractivity contribution in [2.24, 2.45) is 0 Å².